The van der Waals surface area contributed by atoms with E-state index in [0.29, 0.717) is 18.1 Å². The maximum atomic E-state index is 13.0. The van der Waals surface area contributed by atoms with Crippen molar-refractivity contribution in [3.05, 3.63) is 34.6 Å². The van der Waals surface area contributed by atoms with Crippen molar-refractivity contribution >= 4 is 35.2 Å². The normalized spacial score (nSPS) is 19.3. The van der Waals surface area contributed by atoms with Gasteiger partial charge in [0, 0.05) is 18.1 Å². The number of halogens is 2. The summed E-state index contributed by atoms with van der Waals surface area (Å²) in [5.74, 6) is -1.03. The molecule has 19 heavy (non-hydrogen) atoms. The second-order valence-electron chi connectivity index (χ2n) is 4.05. The molecule has 1 aliphatic heterocycles. The Labute approximate surface area is 118 Å². The van der Waals surface area contributed by atoms with Gasteiger partial charge in [-0.3, -0.25) is 4.79 Å². The lowest BCUT2D eigenvalue weighted by Gasteiger charge is -2.32. The first-order valence-corrected chi connectivity index (χ1v) is 7.10. The molecule has 0 saturated carbocycles. The summed E-state index contributed by atoms with van der Waals surface area (Å²) in [7, 11) is 0. The van der Waals surface area contributed by atoms with Crippen molar-refractivity contribution in [2.24, 2.45) is 0 Å². The van der Waals surface area contributed by atoms with Gasteiger partial charge in [0.1, 0.15) is 11.9 Å². The molecule has 1 N–H and O–H groups in total. The van der Waals surface area contributed by atoms with E-state index in [1.165, 1.54) is 22.7 Å². The van der Waals surface area contributed by atoms with Crippen molar-refractivity contribution in [1.82, 2.24) is 4.90 Å². The Hall–Kier alpha value is -1.27. The highest BCUT2D eigenvalue weighted by molar-refractivity contribution is 7.99. The number of nitrogens with zero attached hydrogens (tertiary/aromatic N) is 1. The van der Waals surface area contributed by atoms with Crippen molar-refractivity contribution < 1.29 is 19.1 Å². The quantitative estimate of drug-likeness (QED) is 0.909. The van der Waals surface area contributed by atoms with Crippen LogP contribution in [0.25, 0.3) is 0 Å². The van der Waals surface area contributed by atoms with Gasteiger partial charge in [-0.05, 0) is 18.2 Å². The van der Waals surface area contributed by atoms with Gasteiger partial charge in [0.15, 0.2) is 0 Å². The van der Waals surface area contributed by atoms with Gasteiger partial charge in [0.05, 0.1) is 10.6 Å². The minimum Gasteiger partial charge on any atom is -0.480 e. The molecule has 2 rings (SSSR count). The fourth-order valence-corrected chi connectivity index (χ4v) is 3.16. The molecule has 1 amide bonds. The van der Waals surface area contributed by atoms with Crippen LogP contribution in [0.5, 0.6) is 0 Å². The summed E-state index contributed by atoms with van der Waals surface area (Å²) in [6, 6.07) is 2.59. The number of thioether (sulfide) groups is 1. The number of carboxylic acids is 1. The summed E-state index contributed by atoms with van der Waals surface area (Å²) in [5, 5.41) is 9.11. The summed E-state index contributed by atoms with van der Waals surface area (Å²) in [5.41, 5.74) is 0.126. The third kappa shape index (κ3) is 3.01. The zero-order chi connectivity index (χ0) is 14.0. The van der Waals surface area contributed by atoms with Crippen LogP contribution in [0.1, 0.15) is 10.4 Å². The molecule has 0 spiro atoms. The molecule has 0 bridgehead atoms. The molecule has 1 aromatic carbocycles. The number of carbonyl (C=O) groups is 2. The predicted molar refractivity (Wildman–Crippen MR) is 71.2 cm³/mol. The molecule has 0 radical (unpaired) electrons. The van der Waals surface area contributed by atoms with Gasteiger partial charge in [-0.25, -0.2) is 9.18 Å². The molecule has 102 valence electrons. The number of aliphatic carboxylic acids is 1. The number of benzene rings is 1. The first-order valence-electron chi connectivity index (χ1n) is 5.57. The van der Waals surface area contributed by atoms with Crippen LogP contribution < -0.4 is 0 Å². The topological polar surface area (TPSA) is 57.6 Å². The highest BCUT2D eigenvalue weighted by atomic mass is 35.5. The first-order chi connectivity index (χ1) is 9.00. The third-order valence-corrected chi connectivity index (χ3v) is 4.17. The Balaban J connectivity index is 2.28. The Bertz CT molecular complexity index is 526. The van der Waals surface area contributed by atoms with Gasteiger partial charge in [-0.1, -0.05) is 11.6 Å². The lowest BCUT2D eigenvalue weighted by Crippen LogP contribution is -2.50. The SMILES string of the molecule is O=C(O)C1CSCCN1C(=O)c1ccc(F)cc1Cl. The minimum absolute atomic E-state index is 0.00707. The van der Waals surface area contributed by atoms with Crippen LogP contribution in [0.4, 0.5) is 4.39 Å². The lowest BCUT2D eigenvalue weighted by atomic mass is 10.1. The van der Waals surface area contributed by atoms with Gasteiger partial charge in [0.2, 0.25) is 0 Å². The van der Waals surface area contributed by atoms with Crippen LogP contribution in [0.15, 0.2) is 18.2 Å². The molecular weight excluding hydrogens is 293 g/mol. The van der Waals surface area contributed by atoms with Crippen molar-refractivity contribution in [2.75, 3.05) is 18.1 Å². The zero-order valence-corrected chi connectivity index (χ0v) is 11.4. The van der Waals surface area contributed by atoms with Gasteiger partial charge in [-0.2, -0.15) is 11.8 Å². The highest BCUT2D eigenvalue weighted by Gasteiger charge is 2.33. The second kappa shape index (κ2) is 5.79. The summed E-state index contributed by atoms with van der Waals surface area (Å²) in [4.78, 5) is 24.7. The average Bonchev–Trinajstić information content (AvgIpc) is 2.38. The van der Waals surface area contributed by atoms with Crippen molar-refractivity contribution in [2.45, 2.75) is 6.04 Å². The molecule has 7 heteroatoms. The first kappa shape index (κ1) is 14.1. The van der Waals surface area contributed by atoms with E-state index in [1.54, 1.807) is 0 Å². The van der Waals surface area contributed by atoms with Gasteiger partial charge in [-0.15, -0.1) is 0 Å². The number of amides is 1. The standard InChI is InChI=1S/C12H11ClFNO3S/c13-9-5-7(14)1-2-8(9)11(16)15-3-4-19-6-10(15)12(17)18/h1-2,5,10H,3-4,6H2,(H,17,18). The fourth-order valence-electron chi connectivity index (χ4n) is 1.87. The van der Waals surface area contributed by atoms with Crippen LogP contribution in [0, 0.1) is 5.82 Å². The lowest BCUT2D eigenvalue weighted by molar-refractivity contribution is -0.141. The maximum Gasteiger partial charge on any atom is 0.327 e. The molecule has 0 aromatic heterocycles. The van der Waals surface area contributed by atoms with E-state index in [-0.39, 0.29) is 10.6 Å². The monoisotopic (exact) mass is 303 g/mol. The van der Waals surface area contributed by atoms with Crippen LogP contribution in [-0.4, -0.2) is 46.0 Å². The summed E-state index contributed by atoms with van der Waals surface area (Å²) >= 11 is 7.32. The van der Waals surface area contributed by atoms with Gasteiger partial charge < -0.3 is 10.0 Å². The zero-order valence-electron chi connectivity index (χ0n) is 9.81. The molecule has 1 saturated heterocycles. The molecule has 1 fully saturated rings. The molecule has 1 aliphatic rings. The van der Waals surface area contributed by atoms with E-state index in [2.05, 4.69) is 0 Å². The Morgan fingerprint density at radius 2 is 2.21 bits per heavy atom. The second-order valence-corrected chi connectivity index (χ2v) is 5.61. The molecule has 1 unspecified atom stereocenters. The van der Waals surface area contributed by atoms with Gasteiger partial charge in [0.25, 0.3) is 5.91 Å². The minimum atomic E-state index is -1.04. The van der Waals surface area contributed by atoms with Crippen LogP contribution in [-0.2, 0) is 4.79 Å². The van der Waals surface area contributed by atoms with Crippen LogP contribution >= 0.6 is 23.4 Å². The van der Waals surface area contributed by atoms with Crippen molar-refractivity contribution in [1.29, 1.82) is 0 Å². The number of rotatable bonds is 2. The van der Waals surface area contributed by atoms with E-state index < -0.39 is 23.7 Å². The molecule has 1 atom stereocenters. The van der Waals surface area contributed by atoms with Crippen molar-refractivity contribution in [3.8, 4) is 0 Å². The van der Waals surface area contributed by atoms with Crippen LogP contribution in [0.3, 0.4) is 0 Å². The van der Waals surface area contributed by atoms with E-state index in [9.17, 15) is 14.0 Å². The summed E-state index contributed by atoms with van der Waals surface area (Å²) in [6.07, 6.45) is 0. The highest BCUT2D eigenvalue weighted by Crippen LogP contribution is 2.23. The predicted octanol–water partition coefficient (Wildman–Crippen LogP) is 2.12. The number of hydrogen-bond acceptors (Lipinski definition) is 3. The van der Waals surface area contributed by atoms with E-state index in [0.717, 1.165) is 12.1 Å². The Morgan fingerprint density at radius 1 is 1.47 bits per heavy atom. The van der Waals surface area contributed by atoms with E-state index >= 15 is 0 Å². The third-order valence-electron chi connectivity index (χ3n) is 2.84. The number of carboxylic acid groups (broad SMARTS) is 1. The van der Waals surface area contributed by atoms with Gasteiger partial charge >= 0.3 is 5.97 Å². The summed E-state index contributed by atoms with van der Waals surface area (Å²) in [6.45, 7) is 0.341. The molecule has 1 aromatic rings. The Kier molecular flexibility index (Phi) is 4.31. The van der Waals surface area contributed by atoms with Crippen LogP contribution in [0.2, 0.25) is 5.02 Å². The molecule has 4 nitrogen and oxygen atoms in total. The van der Waals surface area contributed by atoms with E-state index in [4.69, 9.17) is 16.7 Å². The smallest absolute Gasteiger partial charge is 0.327 e. The molecular formula is C12H11ClFNO3S. The number of hydrogen-bond donors (Lipinski definition) is 1. The maximum absolute atomic E-state index is 13.0. The van der Waals surface area contributed by atoms with E-state index in [1.807, 2.05) is 0 Å². The largest absolute Gasteiger partial charge is 0.480 e. The number of carbonyl (C=O) groups excluding carboxylic acids is 1. The Morgan fingerprint density at radius 3 is 2.84 bits per heavy atom. The molecule has 0 aliphatic carbocycles. The van der Waals surface area contributed by atoms with Crippen molar-refractivity contribution in [3.63, 3.8) is 0 Å². The molecule has 1 heterocycles. The summed E-state index contributed by atoms with van der Waals surface area (Å²) < 4.78 is 13.0. The fraction of sp³-hybridized carbons (Fsp3) is 0.333. The average molecular weight is 304 g/mol.